The van der Waals surface area contributed by atoms with Gasteiger partial charge in [0.1, 0.15) is 6.61 Å². The van der Waals surface area contributed by atoms with Crippen LogP contribution < -0.4 is 0 Å². The van der Waals surface area contributed by atoms with Gasteiger partial charge in [-0.25, -0.2) is 9.59 Å². The van der Waals surface area contributed by atoms with Gasteiger partial charge in [0.15, 0.2) is 5.54 Å². The molecule has 1 aromatic carbocycles. The Labute approximate surface area is 133 Å². The van der Waals surface area contributed by atoms with Gasteiger partial charge in [-0.05, 0) is 5.56 Å². The lowest BCUT2D eigenvalue weighted by atomic mass is 9.73. The molecule has 0 bridgehead atoms. The molecular formula is C16H19NO6. The van der Waals surface area contributed by atoms with Gasteiger partial charge in [0, 0.05) is 12.5 Å². The van der Waals surface area contributed by atoms with E-state index in [2.05, 4.69) is 4.74 Å². The molecule has 7 heteroatoms. The molecule has 1 fully saturated rings. The Balaban J connectivity index is 2.09. The Hall–Kier alpha value is -2.57. The van der Waals surface area contributed by atoms with Crippen LogP contribution in [0.25, 0.3) is 0 Å². The van der Waals surface area contributed by atoms with E-state index in [1.807, 2.05) is 18.2 Å². The number of aliphatic carboxylic acids is 1. The highest BCUT2D eigenvalue weighted by Crippen LogP contribution is 2.40. The van der Waals surface area contributed by atoms with Crippen LogP contribution in [0.2, 0.25) is 0 Å². The summed E-state index contributed by atoms with van der Waals surface area (Å²) in [7, 11) is 1.18. The number of likely N-dealkylation sites (tertiary alicyclic amines) is 1. The number of hydrogen-bond acceptors (Lipinski definition) is 5. The molecule has 124 valence electrons. The van der Waals surface area contributed by atoms with Gasteiger partial charge in [-0.1, -0.05) is 37.3 Å². The number of methoxy groups -OCH3 is 1. The van der Waals surface area contributed by atoms with Gasteiger partial charge < -0.3 is 14.6 Å². The summed E-state index contributed by atoms with van der Waals surface area (Å²) in [6.07, 6.45) is -1.15. The Morgan fingerprint density at radius 2 is 1.96 bits per heavy atom. The third-order valence-electron chi connectivity index (χ3n) is 4.19. The number of hydrogen-bond donors (Lipinski definition) is 1. The smallest absolute Gasteiger partial charge is 0.411 e. The van der Waals surface area contributed by atoms with Crippen molar-refractivity contribution in [2.24, 2.45) is 5.92 Å². The van der Waals surface area contributed by atoms with E-state index in [-0.39, 0.29) is 19.1 Å². The second-order valence-electron chi connectivity index (χ2n) is 5.53. The summed E-state index contributed by atoms with van der Waals surface area (Å²) in [5, 5.41) is 9.55. The first-order chi connectivity index (χ1) is 10.9. The number of amides is 1. The minimum atomic E-state index is -1.61. The molecule has 0 spiro atoms. The fourth-order valence-electron chi connectivity index (χ4n) is 2.74. The SMILES string of the molecule is COC(=O)C[C@]1(C(=O)O)[C@@H](C)CN1C(=O)OCc1ccccc1. The summed E-state index contributed by atoms with van der Waals surface area (Å²) < 4.78 is 9.73. The zero-order chi connectivity index (χ0) is 17.0. The number of nitrogens with zero attached hydrogens (tertiary/aromatic N) is 1. The quantitative estimate of drug-likeness (QED) is 0.829. The van der Waals surface area contributed by atoms with E-state index >= 15 is 0 Å². The maximum Gasteiger partial charge on any atom is 0.411 e. The van der Waals surface area contributed by atoms with Crippen LogP contribution in [-0.2, 0) is 25.7 Å². The van der Waals surface area contributed by atoms with E-state index in [1.54, 1.807) is 19.1 Å². The van der Waals surface area contributed by atoms with E-state index in [1.165, 1.54) is 7.11 Å². The number of benzene rings is 1. The summed E-state index contributed by atoms with van der Waals surface area (Å²) in [6.45, 7) is 1.94. The summed E-state index contributed by atoms with van der Waals surface area (Å²) in [4.78, 5) is 36.6. The molecule has 0 aromatic heterocycles. The van der Waals surface area contributed by atoms with Gasteiger partial charge in [-0.2, -0.15) is 0 Å². The molecule has 1 saturated heterocycles. The summed E-state index contributed by atoms with van der Waals surface area (Å²) in [5.41, 5.74) is -0.816. The van der Waals surface area contributed by atoms with Gasteiger partial charge in [0.05, 0.1) is 13.5 Å². The molecule has 1 aromatic rings. The van der Waals surface area contributed by atoms with E-state index < -0.39 is 30.0 Å². The number of esters is 1. The predicted octanol–water partition coefficient (Wildman–Crippen LogP) is 1.66. The molecule has 2 rings (SSSR count). The van der Waals surface area contributed by atoms with Crippen LogP contribution in [-0.4, -0.2) is 47.2 Å². The second-order valence-corrected chi connectivity index (χ2v) is 5.53. The van der Waals surface area contributed by atoms with Crippen molar-refractivity contribution in [3.05, 3.63) is 35.9 Å². The average molecular weight is 321 g/mol. The van der Waals surface area contributed by atoms with Crippen molar-refractivity contribution in [3.63, 3.8) is 0 Å². The molecular weight excluding hydrogens is 302 g/mol. The molecule has 1 amide bonds. The lowest BCUT2D eigenvalue weighted by molar-refractivity contribution is -0.175. The van der Waals surface area contributed by atoms with Crippen LogP contribution in [0.4, 0.5) is 4.79 Å². The maximum atomic E-state index is 12.2. The van der Waals surface area contributed by atoms with Crippen LogP contribution in [0.3, 0.4) is 0 Å². The van der Waals surface area contributed by atoms with Gasteiger partial charge in [-0.15, -0.1) is 0 Å². The van der Waals surface area contributed by atoms with Crippen molar-refractivity contribution < 1.29 is 29.0 Å². The van der Waals surface area contributed by atoms with Crippen molar-refractivity contribution in [1.82, 2.24) is 4.90 Å². The molecule has 0 aliphatic carbocycles. The van der Waals surface area contributed by atoms with Gasteiger partial charge in [0.2, 0.25) is 0 Å². The number of carboxylic acid groups (broad SMARTS) is 1. The molecule has 1 heterocycles. The lowest BCUT2D eigenvalue weighted by Crippen LogP contribution is -2.72. The Bertz CT molecular complexity index is 602. The van der Waals surface area contributed by atoms with Crippen molar-refractivity contribution >= 4 is 18.0 Å². The van der Waals surface area contributed by atoms with E-state index in [9.17, 15) is 19.5 Å². The zero-order valence-electron chi connectivity index (χ0n) is 13.0. The zero-order valence-corrected chi connectivity index (χ0v) is 13.0. The minimum absolute atomic E-state index is 0.0402. The van der Waals surface area contributed by atoms with Gasteiger partial charge >= 0.3 is 18.0 Å². The lowest BCUT2D eigenvalue weighted by Gasteiger charge is -2.53. The maximum absolute atomic E-state index is 12.2. The summed E-state index contributed by atoms with van der Waals surface area (Å²) >= 11 is 0. The van der Waals surface area contributed by atoms with Crippen LogP contribution in [0.5, 0.6) is 0 Å². The van der Waals surface area contributed by atoms with Crippen molar-refractivity contribution in [1.29, 1.82) is 0 Å². The molecule has 0 radical (unpaired) electrons. The topological polar surface area (TPSA) is 93.1 Å². The molecule has 1 aliphatic rings. The van der Waals surface area contributed by atoms with Crippen molar-refractivity contribution in [3.8, 4) is 0 Å². The molecule has 7 nitrogen and oxygen atoms in total. The molecule has 1 N–H and O–H groups in total. The Kier molecular flexibility index (Phi) is 4.88. The predicted molar refractivity (Wildman–Crippen MR) is 79.5 cm³/mol. The van der Waals surface area contributed by atoms with Gasteiger partial charge in [-0.3, -0.25) is 9.69 Å². The average Bonchev–Trinajstić information content (AvgIpc) is 2.55. The first-order valence-electron chi connectivity index (χ1n) is 7.20. The number of rotatable bonds is 5. The normalized spacial score (nSPS) is 22.9. The highest BCUT2D eigenvalue weighted by Gasteiger charge is 2.61. The summed E-state index contributed by atoms with van der Waals surface area (Å²) in [5.74, 6) is -2.29. The van der Waals surface area contributed by atoms with Crippen LogP contribution >= 0.6 is 0 Å². The number of carbonyl (C=O) groups is 3. The highest BCUT2D eigenvalue weighted by molar-refractivity contribution is 5.91. The molecule has 0 unspecified atom stereocenters. The van der Waals surface area contributed by atoms with Crippen LogP contribution in [0.1, 0.15) is 18.9 Å². The minimum Gasteiger partial charge on any atom is -0.479 e. The fourth-order valence-corrected chi connectivity index (χ4v) is 2.74. The number of carboxylic acids is 1. The molecule has 2 atom stereocenters. The monoisotopic (exact) mass is 321 g/mol. The number of ether oxygens (including phenoxy) is 2. The Morgan fingerprint density at radius 3 is 2.48 bits per heavy atom. The highest BCUT2D eigenvalue weighted by atomic mass is 16.6. The third-order valence-corrected chi connectivity index (χ3v) is 4.19. The fraction of sp³-hybridized carbons (Fsp3) is 0.438. The first kappa shape index (κ1) is 16.8. The van der Waals surface area contributed by atoms with E-state index in [4.69, 9.17) is 4.74 Å². The first-order valence-corrected chi connectivity index (χ1v) is 7.20. The largest absolute Gasteiger partial charge is 0.479 e. The second kappa shape index (κ2) is 6.68. The van der Waals surface area contributed by atoms with Crippen molar-refractivity contribution in [2.75, 3.05) is 13.7 Å². The van der Waals surface area contributed by atoms with Crippen LogP contribution in [0, 0.1) is 5.92 Å². The molecule has 0 saturated carbocycles. The third kappa shape index (κ3) is 3.13. The van der Waals surface area contributed by atoms with E-state index in [0.717, 1.165) is 10.5 Å². The van der Waals surface area contributed by atoms with Crippen LogP contribution in [0.15, 0.2) is 30.3 Å². The number of carbonyl (C=O) groups excluding carboxylic acids is 2. The molecule has 23 heavy (non-hydrogen) atoms. The van der Waals surface area contributed by atoms with E-state index in [0.29, 0.717) is 0 Å². The summed E-state index contributed by atoms with van der Waals surface area (Å²) in [6, 6.07) is 9.06. The standard InChI is InChI=1S/C16H19NO6/c1-11-9-17(16(11,14(19)20)8-13(18)22-2)15(21)23-10-12-6-4-3-5-7-12/h3-7,11H,8-10H2,1-2H3,(H,19,20)/t11-,16+/m0/s1. The molecule has 1 aliphatic heterocycles. The van der Waals surface area contributed by atoms with Crippen molar-refractivity contribution in [2.45, 2.75) is 25.5 Å². The Morgan fingerprint density at radius 1 is 1.30 bits per heavy atom. The van der Waals surface area contributed by atoms with Gasteiger partial charge in [0.25, 0.3) is 0 Å².